The number of likely N-dealkylation sites (tertiary alicyclic amines) is 1. The molecule has 37 heavy (non-hydrogen) atoms. The fourth-order valence-corrected chi connectivity index (χ4v) is 5.57. The predicted octanol–water partition coefficient (Wildman–Crippen LogP) is 5.99. The predicted molar refractivity (Wildman–Crippen MR) is 141 cm³/mol. The Morgan fingerprint density at radius 2 is 1.84 bits per heavy atom. The van der Waals surface area contributed by atoms with E-state index in [4.69, 9.17) is 18.9 Å². The van der Waals surface area contributed by atoms with E-state index in [2.05, 4.69) is 24.0 Å². The normalized spacial score (nSPS) is 17.7. The van der Waals surface area contributed by atoms with E-state index >= 15 is 0 Å². The molecule has 1 aromatic heterocycles. The molecular formula is C30H30N2O5. The average Bonchev–Trinajstić information content (AvgIpc) is 3.33. The number of hydrogen-bond donors (Lipinski definition) is 1. The summed E-state index contributed by atoms with van der Waals surface area (Å²) in [6, 6.07) is 15.9. The molecule has 2 aliphatic heterocycles. The summed E-state index contributed by atoms with van der Waals surface area (Å²) in [5, 5.41) is 9.65. The second-order valence-corrected chi connectivity index (χ2v) is 9.94. The van der Waals surface area contributed by atoms with Crippen molar-refractivity contribution >= 4 is 17.1 Å². The third-order valence-corrected chi connectivity index (χ3v) is 7.44. The summed E-state index contributed by atoms with van der Waals surface area (Å²) < 4.78 is 17.8. The molecule has 1 N–H and O–H groups in total. The molecule has 1 saturated heterocycles. The van der Waals surface area contributed by atoms with Crippen LogP contribution in [0.4, 0.5) is 0 Å². The first kappa shape index (κ1) is 23.6. The zero-order chi connectivity index (χ0) is 25.5. The number of carbonyl (C=O) groups is 1. The van der Waals surface area contributed by atoms with E-state index in [0.717, 1.165) is 75.4 Å². The van der Waals surface area contributed by atoms with Crippen LogP contribution in [0.2, 0.25) is 0 Å². The lowest BCUT2D eigenvalue weighted by atomic mass is 9.96. The molecule has 1 atom stereocenters. The number of nitrogens with zero attached hydrogens (tertiary/aromatic N) is 2. The molecule has 190 valence electrons. The molecule has 7 nitrogen and oxygen atoms in total. The SMILES string of the molecule is Cc1c(-c2ccc3c(c2)OCCO3)cccc1-c1nc2cc(CN3CCCC[C@H]3C(=O)O)cc(C)c2o1. The highest BCUT2D eigenvalue weighted by molar-refractivity contribution is 5.83. The summed E-state index contributed by atoms with van der Waals surface area (Å²) in [5.41, 5.74) is 7.74. The van der Waals surface area contributed by atoms with Gasteiger partial charge in [0, 0.05) is 12.1 Å². The molecule has 7 heteroatoms. The van der Waals surface area contributed by atoms with E-state index in [9.17, 15) is 9.90 Å². The molecular weight excluding hydrogens is 468 g/mol. The van der Waals surface area contributed by atoms with Crippen LogP contribution in [-0.2, 0) is 11.3 Å². The molecule has 0 unspecified atom stereocenters. The van der Waals surface area contributed by atoms with Crippen LogP contribution in [0.25, 0.3) is 33.7 Å². The van der Waals surface area contributed by atoms with Crippen LogP contribution >= 0.6 is 0 Å². The fraction of sp³-hybridized carbons (Fsp3) is 0.333. The quantitative estimate of drug-likeness (QED) is 0.362. The van der Waals surface area contributed by atoms with Crippen LogP contribution in [0.1, 0.15) is 36.0 Å². The minimum Gasteiger partial charge on any atom is -0.486 e. The van der Waals surface area contributed by atoms with E-state index in [1.165, 1.54) is 0 Å². The molecule has 6 rings (SSSR count). The van der Waals surface area contributed by atoms with Crippen molar-refractivity contribution < 1.29 is 23.8 Å². The first-order valence-corrected chi connectivity index (χ1v) is 12.8. The van der Waals surface area contributed by atoms with Gasteiger partial charge in [-0.1, -0.05) is 30.7 Å². The lowest BCUT2D eigenvalue weighted by Gasteiger charge is -2.32. The summed E-state index contributed by atoms with van der Waals surface area (Å²) >= 11 is 0. The van der Waals surface area contributed by atoms with Gasteiger partial charge in [-0.3, -0.25) is 9.69 Å². The number of fused-ring (bicyclic) bond motifs is 2. The summed E-state index contributed by atoms with van der Waals surface area (Å²) in [7, 11) is 0. The van der Waals surface area contributed by atoms with Crippen LogP contribution < -0.4 is 9.47 Å². The zero-order valence-corrected chi connectivity index (χ0v) is 21.1. The van der Waals surface area contributed by atoms with Gasteiger partial charge in [-0.05, 0) is 85.3 Å². The average molecular weight is 499 g/mol. The van der Waals surface area contributed by atoms with Gasteiger partial charge in [0.2, 0.25) is 5.89 Å². The number of aryl methyl sites for hydroxylation is 1. The Kier molecular flexibility index (Phi) is 6.08. The van der Waals surface area contributed by atoms with E-state index < -0.39 is 12.0 Å². The summed E-state index contributed by atoms with van der Waals surface area (Å²) in [5.74, 6) is 1.37. The molecule has 3 aromatic carbocycles. The van der Waals surface area contributed by atoms with Crippen molar-refractivity contribution in [3.05, 3.63) is 65.2 Å². The van der Waals surface area contributed by atoms with Gasteiger partial charge >= 0.3 is 5.97 Å². The van der Waals surface area contributed by atoms with Crippen LogP contribution in [-0.4, -0.2) is 46.8 Å². The van der Waals surface area contributed by atoms with Gasteiger partial charge in [-0.2, -0.15) is 0 Å². The standard InChI is InChI=1S/C30H30N2O5/c1-18-14-20(17-32-11-4-3-8-25(32)30(33)34)15-24-28(18)37-29(31-24)23-7-5-6-22(19(23)2)21-9-10-26-27(16-21)36-13-12-35-26/h5-7,9-10,14-16,25H,3-4,8,11-13,17H2,1-2H3,(H,33,34)/t25-/m0/s1. The molecule has 0 radical (unpaired) electrons. The molecule has 0 spiro atoms. The molecule has 0 saturated carbocycles. The lowest BCUT2D eigenvalue weighted by Crippen LogP contribution is -2.44. The van der Waals surface area contributed by atoms with E-state index in [-0.39, 0.29) is 0 Å². The Bertz CT molecular complexity index is 1490. The van der Waals surface area contributed by atoms with E-state index in [0.29, 0.717) is 32.1 Å². The second kappa shape index (κ2) is 9.56. The van der Waals surface area contributed by atoms with Crippen LogP contribution in [0, 0.1) is 13.8 Å². The number of aliphatic carboxylic acids is 1. The Balaban J connectivity index is 1.33. The smallest absolute Gasteiger partial charge is 0.320 e. The summed E-state index contributed by atoms with van der Waals surface area (Å²) in [6.45, 7) is 6.60. The van der Waals surface area contributed by atoms with Crippen molar-refractivity contribution in [1.29, 1.82) is 0 Å². The lowest BCUT2D eigenvalue weighted by molar-refractivity contribution is -0.144. The Morgan fingerprint density at radius 1 is 1.03 bits per heavy atom. The van der Waals surface area contributed by atoms with Crippen molar-refractivity contribution in [2.75, 3.05) is 19.8 Å². The Hall–Kier alpha value is -3.84. The second-order valence-electron chi connectivity index (χ2n) is 9.94. The first-order valence-electron chi connectivity index (χ1n) is 12.8. The molecule has 4 aromatic rings. The van der Waals surface area contributed by atoms with Crippen molar-refractivity contribution in [1.82, 2.24) is 9.88 Å². The van der Waals surface area contributed by atoms with Crippen LogP contribution in [0.15, 0.2) is 52.9 Å². The van der Waals surface area contributed by atoms with Crippen LogP contribution in [0.3, 0.4) is 0 Å². The van der Waals surface area contributed by atoms with Crippen molar-refractivity contribution in [2.45, 2.75) is 45.7 Å². The molecule has 2 aliphatic rings. The maximum absolute atomic E-state index is 11.7. The van der Waals surface area contributed by atoms with Gasteiger partial charge in [-0.15, -0.1) is 0 Å². The summed E-state index contributed by atoms with van der Waals surface area (Å²) in [6.07, 6.45) is 2.69. The number of piperidine rings is 1. The molecule has 1 fully saturated rings. The van der Waals surface area contributed by atoms with Crippen molar-refractivity contribution in [3.63, 3.8) is 0 Å². The summed E-state index contributed by atoms with van der Waals surface area (Å²) in [4.78, 5) is 18.7. The highest BCUT2D eigenvalue weighted by Gasteiger charge is 2.28. The van der Waals surface area contributed by atoms with Gasteiger partial charge < -0.3 is 19.0 Å². The number of rotatable bonds is 5. The maximum Gasteiger partial charge on any atom is 0.320 e. The molecule has 0 amide bonds. The minimum atomic E-state index is -0.741. The Morgan fingerprint density at radius 3 is 2.68 bits per heavy atom. The van der Waals surface area contributed by atoms with Gasteiger partial charge in [0.15, 0.2) is 17.1 Å². The number of carboxylic acids is 1. The number of oxazole rings is 1. The van der Waals surface area contributed by atoms with Crippen molar-refractivity contribution in [3.8, 4) is 34.1 Å². The third-order valence-electron chi connectivity index (χ3n) is 7.44. The largest absolute Gasteiger partial charge is 0.486 e. The minimum absolute atomic E-state index is 0.427. The Labute approximate surface area is 215 Å². The van der Waals surface area contributed by atoms with Gasteiger partial charge in [0.1, 0.15) is 24.8 Å². The number of carboxylic acid groups (broad SMARTS) is 1. The van der Waals surface area contributed by atoms with Gasteiger partial charge in [-0.25, -0.2) is 4.98 Å². The fourth-order valence-electron chi connectivity index (χ4n) is 5.57. The first-order chi connectivity index (χ1) is 18.0. The highest BCUT2D eigenvalue weighted by Crippen LogP contribution is 2.38. The molecule has 0 bridgehead atoms. The highest BCUT2D eigenvalue weighted by atomic mass is 16.6. The molecule has 0 aliphatic carbocycles. The van der Waals surface area contributed by atoms with Crippen molar-refractivity contribution in [2.24, 2.45) is 0 Å². The van der Waals surface area contributed by atoms with Gasteiger partial charge in [0.05, 0.1) is 0 Å². The maximum atomic E-state index is 11.7. The number of hydrogen-bond acceptors (Lipinski definition) is 6. The number of benzene rings is 3. The zero-order valence-electron chi connectivity index (χ0n) is 21.1. The topological polar surface area (TPSA) is 85.0 Å². The molecule has 3 heterocycles. The van der Waals surface area contributed by atoms with Gasteiger partial charge in [0.25, 0.3) is 0 Å². The van der Waals surface area contributed by atoms with E-state index in [1.807, 2.05) is 43.3 Å². The third kappa shape index (κ3) is 4.44. The van der Waals surface area contributed by atoms with Crippen LogP contribution in [0.5, 0.6) is 11.5 Å². The monoisotopic (exact) mass is 498 g/mol. The van der Waals surface area contributed by atoms with E-state index in [1.54, 1.807) is 0 Å². The number of aromatic nitrogens is 1. The number of ether oxygens (including phenoxy) is 2.